The molecule has 1 aromatic rings. The third-order valence-corrected chi connectivity index (χ3v) is 2.74. The number of carbonyl (C=O) groups is 1. The van der Waals surface area contributed by atoms with E-state index in [-0.39, 0.29) is 17.2 Å². The Morgan fingerprint density at radius 2 is 2.00 bits per heavy atom. The Balaban J connectivity index is 2.28. The summed E-state index contributed by atoms with van der Waals surface area (Å²) in [4.78, 5) is 11.3. The average Bonchev–Trinajstić information content (AvgIpc) is 2.26. The number of nitrogens with one attached hydrogen (secondary N) is 3. The predicted octanol–water partition coefficient (Wildman–Crippen LogP) is 2.56. The van der Waals surface area contributed by atoms with Gasteiger partial charge in [0.05, 0.1) is 0 Å². The summed E-state index contributed by atoms with van der Waals surface area (Å²) in [5, 5.41) is 12.9. The van der Waals surface area contributed by atoms with E-state index in [9.17, 15) is 4.79 Å². The Kier molecular flexibility index (Phi) is 5.56. The molecule has 0 bridgehead atoms. The second kappa shape index (κ2) is 6.96. The number of carbonyl (C=O) groups excluding carboxylic acids is 1. The summed E-state index contributed by atoms with van der Waals surface area (Å²) in [7, 11) is 0. The number of hydrogen-bond acceptors (Lipinski definition) is 3. The molecule has 0 unspecified atom stereocenters. The van der Waals surface area contributed by atoms with Crippen LogP contribution in [0.3, 0.4) is 0 Å². The van der Waals surface area contributed by atoms with Gasteiger partial charge < -0.3 is 5.32 Å². The number of amidine groups is 1. The van der Waals surface area contributed by atoms with Crippen LogP contribution in [-0.4, -0.2) is 17.2 Å². The molecule has 0 saturated carbocycles. The van der Waals surface area contributed by atoms with Crippen LogP contribution in [0.15, 0.2) is 30.3 Å². The molecule has 3 N–H and O–H groups in total. The molecule has 0 aliphatic heterocycles. The highest BCUT2D eigenvalue weighted by Crippen LogP contribution is 2.11. The van der Waals surface area contributed by atoms with Crippen LogP contribution in [0.2, 0.25) is 0 Å². The van der Waals surface area contributed by atoms with Crippen LogP contribution in [-0.2, 0) is 5.75 Å². The lowest BCUT2D eigenvalue weighted by Gasteiger charge is -2.10. The summed E-state index contributed by atoms with van der Waals surface area (Å²) in [6, 6.07) is 9.60. The van der Waals surface area contributed by atoms with Gasteiger partial charge in [-0.05, 0) is 19.4 Å². The monoisotopic (exact) mass is 251 g/mol. The maximum absolute atomic E-state index is 11.3. The number of benzene rings is 1. The molecule has 0 spiro atoms. The minimum Gasteiger partial charge on any atom is -0.336 e. The van der Waals surface area contributed by atoms with Gasteiger partial charge in [0.2, 0.25) is 0 Å². The molecule has 17 heavy (non-hydrogen) atoms. The van der Waals surface area contributed by atoms with E-state index in [1.807, 2.05) is 44.2 Å². The molecular weight excluding hydrogens is 234 g/mol. The summed E-state index contributed by atoms with van der Waals surface area (Å²) in [6.07, 6.45) is 0. The molecule has 5 heteroatoms. The van der Waals surface area contributed by atoms with Crippen LogP contribution in [0.4, 0.5) is 4.79 Å². The van der Waals surface area contributed by atoms with Crippen LogP contribution in [0.25, 0.3) is 0 Å². The lowest BCUT2D eigenvalue weighted by molar-refractivity contribution is 0.243. The van der Waals surface area contributed by atoms with Gasteiger partial charge in [-0.25, -0.2) is 4.79 Å². The van der Waals surface area contributed by atoms with Crippen molar-refractivity contribution in [2.45, 2.75) is 25.6 Å². The highest BCUT2D eigenvalue weighted by atomic mass is 32.2. The van der Waals surface area contributed by atoms with Crippen molar-refractivity contribution in [1.82, 2.24) is 10.6 Å². The fraction of sp³-hybridized carbons (Fsp3) is 0.333. The first-order valence-electron chi connectivity index (χ1n) is 5.40. The number of thioether (sulfide) groups is 1. The maximum Gasteiger partial charge on any atom is 0.320 e. The SMILES string of the molecule is CC(C)NC(=O)NC(=N)SCc1ccccc1. The summed E-state index contributed by atoms with van der Waals surface area (Å²) < 4.78 is 0. The van der Waals surface area contributed by atoms with Crippen molar-refractivity contribution in [3.8, 4) is 0 Å². The van der Waals surface area contributed by atoms with Gasteiger partial charge in [0.15, 0.2) is 5.17 Å². The van der Waals surface area contributed by atoms with Gasteiger partial charge in [0, 0.05) is 11.8 Å². The van der Waals surface area contributed by atoms with Crippen molar-refractivity contribution in [3.05, 3.63) is 35.9 Å². The molecule has 0 heterocycles. The molecule has 0 aromatic heterocycles. The second-order valence-corrected chi connectivity index (χ2v) is 4.84. The number of urea groups is 1. The van der Waals surface area contributed by atoms with Crippen LogP contribution in [0, 0.1) is 5.41 Å². The van der Waals surface area contributed by atoms with Gasteiger partial charge in [-0.2, -0.15) is 0 Å². The average molecular weight is 251 g/mol. The van der Waals surface area contributed by atoms with E-state index in [0.717, 1.165) is 5.56 Å². The summed E-state index contributed by atoms with van der Waals surface area (Å²) >= 11 is 1.30. The van der Waals surface area contributed by atoms with Crippen molar-refractivity contribution in [3.63, 3.8) is 0 Å². The maximum atomic E-state index is 11.3. The van der Waals surface area contributed by atoms with Crippen molar-refractivity contribution < 1.29 is 4.79 Å². The Bertz CT molecular complexity index is 379. The zero-order valence-electron chi connectivity index (χ0n) is 9.99. The van der Waals surface area contributed by atoms with Crippen LogP contribution >= 0.6 is 11.8 Å². The van der Waals surface area contributed by atoms with E-state index in [1.54, 1.807) is 0 Å². The summed E-state index contributed by atoms with van der Waals surface area (Å²) in [6.45, 7) is 3.75. The fourth-order valence-electron chi connectivity index (χ4n) is 1.17. The smallest absolute Gasteiger partial charge is 0.320 e. The molecule has 1 rings (SSSR count). The first-order valence-corrected chi connectivity index (χ1v) is 6.39. The topological polar surface area (TPSA) is 65.0 Å². The zero-order valence-corrected chi connectivity index (χ0v) is 10.8. The van der Waals surface area contributed by atoms with Crippen LogP contribution < -0.4 is 10.6 Å². The van der Waals surface area contributed by atoms with Gasteiger partial charge in [-0.3, -0.25) is 10.7 Å². The van der Waals surface area contributed by atoms with Crippen molar-refractivity contribution in [2.75, 3.05) is 0 Å². The van der Waals surface area contributed by atoms with Gasteiger partial charge in [-0.1, -0.05) is 42.1 Å². The molecular formula is C12H17N3OS. The Morgan fingerprint density at radius 1 is 1.35 bits per heavy atom. The third-order valence-electron chi connectivity index (χ3n) is 1.87. The quantitative estimate of drug-likeness (QED) is 0.571. The Labute approximate surface area is 106 Å². The molecule has 0 atom stereocenters. The van der Waals surface area contributed by atoms with E-state index >= 15 is 0 Å². The second-order valence-electron chi connectivity index (χ2n) is 3.86. The molecule has 0 fully saturated rings. The first-order chi connectivity index (χ1) is 8.08. The number of amides is 2. The lowest BCUT2D eigenvalue weighted by atomic mass is 10.2. The van der Waals surface area contributed by atoms with Gasteiger partial charge in [0.1, 0.15) is 0 Å². The molecule has 0 saturated heterocycles. The third kappa shape index (κ3) is 5.97. The molecule has 0 aliphatic carbocycles. The highest BCUT2D eigenvalue weighted by molar-refractivity contribution is 8.13. The van der Waals surface area contributed by atoms with Gasteiger partial charge in [0.25, 0.3) is 0 Å². The van der Waals surface area contributed by atoms with Crippen molar-refractivity contribution in [2.24, 2.45) is 0 Å². The number of hydrogen-bond donors (Lipinski definition) is 3. The van der Waals surface area contributed by atoms with E-state index in [4.69, 9.17) is 5.41 Å². The highest BCUT2D eigenvalue weighted by Gasteiger charge is 2.05. The molecule has 0 aliphatic rings. The first kappa shape index (κ1) is 13.6. The van der Waals surface area contributed by atoms with E-state index < -0.39 is 0 Å². The van der Waals surface area contributed by atoms with Gasteiger partial charge in [-0.15, -0.1) is 0 Å². The normalized spacial score (nSPS) is 10.1. The molecule has 4 nitrogen and oxygen atoms in total. The molecule has 1 aromatic carbocycles. The van der Waals surface area contributed by atoms with Crippen LogP contribution in [0.5, 0.6) is 0 Å². The Morgan fingerprint density at radius 3 is 2.59 bits per heavy atom. The lowest BCUT2D eigenvalue weighted by Crippen LogP contribution is -2.41. The van der Waals surface area contributed by atoms with E-state index in [0.29, 0.717) is 5.75 Å². The summed E-state index contributed by atoms with van der Waals surface area (Å²) in [5.74, 6) is 0.682. The molecule has 0 radical (unpaired) electrons. The Hall–Kier alpha value is -1.49. The molecule has 92 valence electrons. The summed E-state index contributed by atoms with van der Waals surface area (Å²) in [5.41, 5.74) is 1.13. The number of rotatable bonds is 3. The van der Waals surface area contributed by atoms with Crippen LogP contribution in [0.1, 0.15) is 19.4 Å². The minimum atomic E-state index is -0.328. The van der Waals surface area contributed by atoms with E-state index in [1.165, 1.54) is 11.8 Å². The fourth-order valence-corrected chi connectivity index (χ4v) is 1.84. The largest absolute Gasteiger partial charge is 0.336 e. The molecule has 2 amide bonds. The van der Waals surface area contributed by atoms with E-state index in [2.05, 4.69) is 10.6 Å². The standard InChI is InChI=1S/C12H17N3OS/c1-9(2)14-12(16)15-11(13)17-8-10-6-4-3-5-7-10/h3-7,9H,8H2,1-2H3,(H3,13,14,15,16). The van der Waals surface area contributed by atoms with Crippen molar-refractivity contribution in [1.29, 1.82) is 5.41 Å². The van der Waals surface area contributed by atoms with Gasteiger partial charge >= 0.3 is 6.03 Å². The minimum absolute atomic E-state index is 0.0712. The predicted molar refractivity (Wildman–Crippen MR) is 72.3 cm³/mol. The zero-order chi connectivity index (χ0) is 12.7. The van der Waals surface area contributed by atoms with Crippen molar-refractivity contribution >= 4 is 23.0 Å².